The zero-order valence-electron chi connectivity index (χ0n) is 16.0. The van der Waals surface area contributed by atoms with Crippen molar-refractivity contribution in [3.63, 3.8) is 0 Å². The van der Waals surface area contributed by atoms with Crippen LogP contribution < -0.4 is 4.35 Å². The number of aryl methyl sites for hydroxylation is 6. The minimum atomic E-state index is 1.31. The van der Waals surface area contributed by atoms with Gasteiger partial charge in [-0.25, -0.2) is 0 Å². The molecule has 1 heteroatoms. The molecule has 3 aromatic carbocycles. The fourth-order valence-corrected chi connectivity index (χ4v) is 4.94. The van der Waals surface area contributed by atoms with E-state index in [0.29, 0.717) is 0 Å². The van der Waals surface area contributed by atoms with Crippen LogP contribution in [0.5, 0.6) is 0 Å². The molecule has 0 aliphatic rings. The second kappa shape index (κ2) is 6.85. The van der Waals surface area contributed by atoms with Gasteiger partial charge in [-0.05, 0) is 0 Å². The molecule has 0 nitrogen and oxygen atoms in total. The van der Waals surface area contributed by atoms with Gasteiger partial charge in [0.1, 0.15) is 0 Å². The van der Waals surface area contributed by atoms with E-state index in [1.54, 1.807) is 0 Å². The summed E-state index contributed by atoms with van der Waals surface area (Å²) in [5.74, 6) is 0. The zero-order valence-corrected chi connectivity index (χ0v) is 17.9. The SMILES string of the molecule is Cc1cc(C)c(-c2cccc(-c3c(C)cc(C)cc3C)c2[As])c(C)c1. The topological polar surface area (TPSA) is 0 Å². The molecular weight excluding hydrogens is 363 g/mol. The van der Waals surface area contributed by atoms with E-state index in [1.165, 1.54) is 60.0 Å². The molecule has 2 radical (unpaired) electrons. The Hall–Kier alpha value is -1.78. The molecule has 126 valence electrons. The van der Waals surface area contributed by atoms with Gasteiger partial charge in [-0.15, -0.1) is 0 Å². The van der Waals surface area contributed by atoms with Gasteiger partial charge in [-0.3, -0.25) is 0 Å². The molecular formula is C24H25As. The van der Waals surface area contributed by atoms with Gasteiger partial charge in [0.25, 0.3) is 0 Å². The Morgan fingerprint density at radius 2 is 0.880 bits per heavy atom. The summed E-state index contributed by atoms with van der Waals surface area (Å²) in [6.45, 7) is 13.2. The van der Waals surface area contributed by atoms with Crippen molar-refractivity contribution in [2.75, 3.05) is 0 Å². The van der Waals surface area contributed by atoms with E-state index in [4.69, 9.17) is 0 Å². The maximum absolute atomic E-state index is 2.82. The Balaban J connectivity index is 2.28. The van der Waals surface area contributed by atoms with Crippen molar-refractivity contribution in [3.8, 4) is 22.3 Å². The van der Waals surface area contributed by atoms with Gasteiger partial charge < -0.3 is 0 Å². The quantitative estimate of drug-likeness (QED) is 0.497. The van der Waals surface area contributed by atoms with Crippen molar-refractivity contribution < 1.29 is 0 Å². The van der Waals surface area contributed by atoms with Crippen LogP contribution in [-0.4, -0.2) is 16.9 Å². The monoisotopic (exact) mass is 388 g/mol. The molecule has 0 spiro atoms. The molecule has 0 aliphatic carbocycles. The summed E-state index contributed by atoms with van der Waals surface area (Å²) in [5, 5.41) is 0. The standard InChI is InChI=1S/C24H25As/c1-14-10-16(3)22(17(4)11-14)20-8-7-9-21(24(20)25)23-18(5)12-15(2)13-19(23)6/h7-13H,1-6H3. The number of rotatable bonds is 2. The fourth-order valence-electron chi connectivity index (χ4n) is 4.16. The van der Waals surface area contributed by atoms with Crippen molar-refractivity contribution >= 4 is 21.2 Å². The van der Waals surface area contributed by atoms with Gasteiger partial charge in [-0.2, -0.15) is 0 Å². The van der Waals surface area contributed by atoms with E-state index in [0.717, 1.165) is 0 Å². The molecule has 0 saturated heterocycles. The Kier molecular flexibility index (Phi) is 4.94. The first-order valence-electron chi connectivity index (χ1n) is 8.78. The van der Waals surface area contributed by atoms with Gasteiger partial charge in [0.2, 0.25) is 0 Å². The van der Waals surface area contributed by atoms with Crippen LogP contribution in [0.1, 0.15) is 33.4 Å². The number of hydrogen-bond acceptors (Lipinski definition) is 0. The van der Waals surface area contributed by atoms with Crippen LogP contribution in [0.25, 0.3) is 22.3 Å². The zero-order chi connectivity index (χ0) is 18.3. The van der Waals surface area contributed by atoms with Gasteiger partial charge in [0.15, 0.2) is 0 Å². The molecule has 0 unspecified atom stereocenters. The van der Waals surface area contributed by atoms with E-state index < -0.39 is 0 Å². The van der Waals surface area contributed by atoms with Crippen LogP contribution in [0.3, 0.4) is 0 Å². The Labute approximate surface area is 160 Å². The average Bonchev–Trinajstić information content (AvgIpc) is 2.48. The van der Waals surface area contributed by atoms with Crippen LogP contribution in [0, 0.1) is 41.5 Å². The first-order valence-corrected chi connectivity index (χ1v) is 9.72. The van der Waals surface area contributed by atoms with Crippen molar-refractivity contribution in [2.45, 2.75) is 41.5 Å². The van der Waals surface area contributed by atoms with E-state index >= 15 is 0 Å². The first kappa shape index (κ1) is 18.0. The van der Waals surface area contributed by atoms with Crippen LogP contribution in [0.2, 0.25) is 0 Å². The van der Waals surface area contributed by atoms with Crippen LogP contribution >= 0.6 is 0 Å². The third kappa shape index (κ3) is 3.33. The molecule has 25 heavy (non-hydrogen) atoms. The molecule has 0 N–H and O–H groups in total. The van der Waals surface area contributed by atoms with Crippen molar-refractivity contribution in [2.24, 2.45) is 0 Å². The molecule has 0 aliphatic heterocycles. The normalized spacial score (nSPS) is 11.0. The van der Waals surface area contributed by atoms with Crippen LogP contribution in [0.4, 0.5) is 0 Å². The second-order valence-electron chi connectivity index (χ2n) is 7.25. The molecule has 0 amide bonds. The minimum absolute atomic E-state index is 1.31. The predicted molar refractivity (Wildman–Crippen MR) is 111 cm³/mol. The Bertz CT molecular complexity index is 842. The van der Waals surface area contributed by atoms with E-state index in [-0.39, 0.29) is 0 Å². The molecule has 0 fully saturated rings. The van der Waals surface area contributed by atoms with Crippen LogP contribution in [0.15, 0.2) is 42.5 Å². The number of hydrogen-bond donors (Lipinski definition) is 0. The van der Waals surface area contributed by atoms with E-state index in [1.807, 2.05) is 0 Å². The molecule has 0 bridgehead atoms. The summed E-state index contributed by atoms with van der Waals surface area (Å²) in [6, 6.07) is 15.8. The van der Waals surface area contributed by atoms with E-state index in [9.17, 15) is 0 Å². The second-order valence-corrected chi connectivity index (χ2v) is 8.19. The molecule has 0 atom stereocenters. The maximum atomic E-state index is 2.82. The summed E-state index contributed by atoms with van der Waals surface area (Å²) in [6.07, 6.45) is 0. The van der Waals surface area contributed by atoms with Crippen molar-refractivity contribution in [3.05, 3.63) is 75.8 Å². The third-order valence-corrected chi connectivity index (χ3v) is 5.94. The van der Waals surface area contributed by atoms with Gasteiger partial charge in [0, 0.05) is 0 Å². The average molecular weight is 388 g/mol. The van der Waals surface area contributed by atoms with Gasteiger partial charge >= 0.3 is 161 Å². The fraction of sp³-hybridized carbons (Fsp3) is 0.250. The number of benzene rings is 3. The Morgan fingerprint density at radius 3 is 1.20 bits per heavy atom. The predicted octanol–water partition coefficient (Wildman–Crippen LogP) is 5.66. The molecule has 0 heterocycles. The summed E-state index contributed by atoms with van der Waals surface area (Å²) >= 11 is 2.82. The first-order chi connectivity index (χ1) is 11.8. The summed E-state index contributed by atoms with van der Waals surface area (Å²) < 4.78 is 1.31. The molecule has 3 aromatic rings. The van der Waals surface area contributed by atoms with Gasteiger partial charge in [-0.1, -0.05) is 0 Å². The van der Waals surface area contributed by atoms with Crippen LogP contribution in [-0.2, 0) is 0 Å². The Morgan fingerprint density at radius 1 is 0.560 bits per heavy atom. The van der Waals surface area contributed by atoms with Gasteiger partial charge in [0.05, 0.1) is 0 Å². The molecule has 0 aromatic heterocycles. The summed E-state index contributed by atoms with van der Waals surface area (Å²) in [5.41, 5.74) is 13.4. The summed E-state index contributed by atoms with van der Waals surface area (Å²) in [7, 11) is 0. The van der Waals surface area contributed by atoms with E-state index in [2.05, 4.69) is 101 Å². The van der Waals surface area contributed by atoms with Crippen molar-refractivity contribution in [1.29, 1.82) is 0 Å². The molecule has 3 rings (SSSR count). The summed E-state index contributed by atoms with van der Waals surface area (Å²) in [4.78, 5) is 0. The third-order valence-electron chi connectivity index (χ3n) is 4.93. The van der Waals surface area contributed by atoms with Crippen molar-refractivity contribution in [1.82, 2.24) is 0 Å². The molecule has 0 saturated carbocycles.